The van der Waals surface area contributed by atoms with E-state index in [-0.39, 0.29) is 11.9 Å². The first-order chi connectivity index (χ1) is 10.3. The van der Waals surface area contributed by atoms with Gasteiger partial charge in [-0.05, 0) is 30.4 Å². The first-order valence-corrected chi connectivity index (χ1v) is 8.29. The molecule has 2 heterocycles. The number of benzene rings is 1. The Kier molecular flexibility index (Phi) is 5.01. The number of thiophene rings is 1. The highest BCUT2D eigenvalue weighted by Gasteiger charge is 2.20. The fraction of sp³-hybridized carbons (Fsp3) is 0.412. The number of nitrogens with zero attached hydrogens (tertiary/aromatic N) is 1. The molecule has 0 bridgehead atoms. The smallest absolute Gasteiger partial charge is 0.127 e. The second kappa shape index (κ2) is 7.16. The Labute approximate surface area is 129 Å². The van der Waals surface area contributed by atoms with Gasteiger partial charge in [-0.3, -0.25) is 4.90 Å². The molecule has 1 fully saturated rings. The highest BCUT2D eigenvalue weighted by atomic mass is 32.1. The van der Waals surface area contributed by atoms with E-state index in [0.29, 0.717) is 6.54 Å². The molecular formula is C17H20FNOS. The number of hydrogen-bond acceptors (Lipinski definition) is 3. The predicted molar refractivity (Wildman–Crippen MR) is 83.8 cm³/mol. The largest absolute Gasteiger partial charge is 0.377 e. The zero-order valence-corrected chi connectivity index (χ0v) is 12.8. The average Bonchev–Trinajstić information content (AvgIpc) is 3.15. The average molecular weight is 305 g/mol. The van der Waals surface area contributed by atoms with Crippen LogP contribution in [0, 0.1) is 5.82 Å². The Morgan fingerprint density at radius 3 is 2.81 bits per heavy atom. The van der Waals surface area contributed by atoms with Crippen LogP contribution >= 0.6 is 11.3 Å². The summed E-state index contributed by atoms with van der Waals surface area (Å²) in [4.78, 5) is 3.60. The summed E-state index contributed by atoms with van der Waals surface area (Å²) in [6.07, 6.45) is 2.53. The standard InChI is InChI=1S/C17H20FNOS/c18-17-8-2-1-5-14(17)11-19(12-15-6-3-9-20-15)13-16-7-4-10-21-16/h1-2,4-5,7-8,10,15H,3,6,9,11-13H2. The molecule has 0 radical (unpaired) electrons. The molecule has 2 nitrogen and oxygen atoms in total. The topological polar surface area (TPSA) is 12.5 Å². The molecule has 1 aromatic heterocycles. The minimum Gasteiger partial charge on any atom is -0.377 e. The van der Waals surface area contributed by atoms with Gasteiger partial charge in [0.25, 0.3) is 0 Å². The lowest BCUT2D eigenvalue weighted by Gasteiger charge is -2.25. The quantitative estimate of drug-likeness (QED) is 0.798. The molecule has 1 saturated heterocycles. The molecule has 1 unspecified atom stereocenters. The molecule has 112 valence electrons. The fourth-order valence-electron chi connectivity index (χ4n) is 2.75. The molecule has 2 aromatic rings. The van der Waals surface area contributed by atoms with Crippen molar-refractivity contribution in [3.63, 3.8) is 0 Å². The van der Waals surface area contributed by atoms with E-state index in [4.69, 9.17) is 4.74 Å². The van der Waals surface area contributed by atoms with Crippen LogP contribution in [0.5, 0.6) is 0 Å². The summed E-state index contributed by atoms with van der Waals surface area (Å²) in [6.45, 7) is 3.21. The van der Waals surface area contributed by atoms with E-state index >= 15 is 0 Å². The molecule has 21 heavy (non-hydrogen) atoms. The van der Waals surface area contributed by atoms with Gasteiger partial charge in [-0.2, -0.15) is 0 Å². The van der Waals surface area contributed by atoms with Gasteiger partial charge >= 0.3 is 0 Å². The number of rotatable bonds is 6. The summed E-state index contributed by atoms with van der Waals surface area (Å²) in [5.74, 6) is -0.124. The summed E-state index contributed by atoms with van der Waals surface area (Å²) >= 11 is 1.75. The van der Waals surface area contributed by atoms with Gasteiger partial charge in [0, 0.05) is 36.7 Å². The number of ether oxygens (including phenoxy) is 1. The summed E-state index contributed by atoms with van der Waals surface area (Å²) in [5.41, 5.74) is 0.757. The van der Waals surface area contributed by atoms with Crippen molar-refractivity contribution in [2.24, 2.45) is 0 Å². The molecule has 0 amide bonds. The summed E-state index contributed by atoms with van der Waals surface area (Å²) < 4.78 is 19.6. The van der Waals surface area contributed by atoms with Gasteiger partial charge in [0.15, 0.2) is 0 Å². The fourth-order valence-corrected chi connectivity index (χ4v) is 3.50. The van der Waals surface area contributed by atoms with E-state index in [2.05, 4.69) is 22.4 Å². The van der Waals surface area contributed by atoms with Crippen molar-refractivity contribution < 1.29 is 9.13 Å². The van der Waals surface area contributed by atoms with Gasteiger partial charge in [0.1, 0.15) is 5.82 Å². The van der Waals surface area contributed by atoms with Crippen LogP contribution in [-0.2, 0) is 17.8 Å². The maximum absolute atomic E-state index is 13.9. The predicted octanol–water partition coefficient (Wildman–Crippen LogP) is 4.07. The summed E-state index contributed by atoms with van der Waals surface area (Å²) in [7, 11) is 0. The molecule has 0 saturated carbocycles. The molecule has 1 aliphatic heterocycles. The second-order valence-electron chi connectivity index (χ2n) is 5.48. The summed E-state index contributed by atoms with van der Waals surface area (Å²) in [6, 6.07) is 11.2. The van der Waals surface area contributed by atoms with Crippen molar-refractivity contribution in [3.05, 3.63) is 58.0 Å². The molecule has 4 heteroatoms. The molecule has 0 spiro atoms. The van der Waals surface area contributed by atoms with Crippen LogP contribution in [0.25, 0.3) is 0 Å². The molecule has 1 aromatic carbocycles. The molecule has 3 rings (SSSR count). The first-order valence-electron chi connectivity index (χ1n) is 7.41. The highest BCUT2D eigenvalue weighted by Crippen LogP contribution is 2.20. The minimum atomic E-state index is -0.124. The van der Waals surface area contributed by atoms with Crippen LogP contribution in [-0.4, -0.2) is 24.2 Å². The van der Waals surface area contributed by atoms with E-state index in [9.17, 15) is 4.39 Å². The molecule has 0 N–H and O–H groups in total. The molecule has 0 aliphatic carbocycles. The Balaban J connectivity index is 1.69. The SMILES string of the molecule is Fc1ccccc1CN(Cc1cccs1)CC1CCCO1. The lowest BCUT2D eigenvalue weighted by molar-refractivity contribution is 0.0679. The van der Waals surface area contributed by atoms with E-state index in [1.807, 2.05) is 12.1 Å². The van der Waals surface area contributed by atoms with Crippen LogP contribution < -0.4 is 0 Å². The highest BCUT2D eigenvalue weighted by molar-refractivity contribution is 7.09. The lowest BCUT2D eigenvalue weighted by Crippen LogP contribution is -2.31. The molecular weight excluding hydrogens is 285 g/mol. The van der Waals surface area contributed by atoms with Crippen molar-refractivity contribution in [1.82, 2.24) is 4.90 Å². The third-order valence-corrected chi connectivity index (χ3v) is 4.66. The molecule has 1 atom stereocenters. The van der Waals surface area contributed by atoms with Gasteiger partial charge in [-0.15, -0.1) is 11.3 Å². The molecule has 1 aliphatic rings. The van der Waals surface area contributed by atoms with Gasteiger partial charge < -0.3 is 4.74 Å². The monoisotopic (exact) mass is 305 g/mol. The second-order valence-corrected chi connectivity index (χ2v) is 6.51. The first kappa shape index (κ1) is 14.7. The Morgan fingerprint density at radius 2 is 2.10 bits per heavy atom. The normalized spacial score (nSPS) is 18.5. The lowest BCUT2D eigenvalue weighted by atomic mass is 10.1. The van der Waals surface area contributed by atoms with Crippen LogP contribution in [0.3, 0.4) is 0 Å². The summed E-state index contributed by atoms with van der Waals surface area (Å²) in [5, 5.41) is 2.09. The Bertz CT molecular complexity index is 552. The van der Waals surface area contributed by atoms with Crippen molar-refractivity contribution in [3.8, 4) is 0 Å². The number of hydrogen-bond donors (Lipinski definition) is 0. The van der Waals surface area contributed by atoms with Gasteiger partial charge in [-0.25, -0.2) is 4.39 Å². The van der Waals surface area contributed by atoms with Crippen LogP contribution in [0.15, 0.2) is 41.8 Å². The van der Waals surface area contributed by atoms with E-state index in [1.165, 1.54) is 10.9 Å². The zero-order chi connectivity index (χ0) is 14.5. The third kappa shape index (κ3) is 4.13. The van der Waals surface area contributed by atoms with Crippen molar-refractivity contribution in [2.45, 2.75) is 32.0 Å². The van der Waals surface area contributed by atoms with Crippen LogP contribution in [0.2, 0.25) is 0 Å². The maximum Gasteiger partial charge on any atom is 0.127 e. The van der Waals surface area contributed by atoms with E-state index < -0.39 is 0 Å². The van der Waals surface area contributed by atoms with Crippen LogP contribution in [0.1, 0.15) is 23.3 Å². The van der Waals surface area contributed by atoms with Crippen molar-refractivity contribution >= 4 is 11.3 Å². The number of halogens is 1. The zero-order valence-electron chi connectivity index (χ0n) is 12.0. The van der Waals surface area contributed by atoms with Gasteiger partial charge in [-0.1, -0.05) is 24.3 Å². The van der Waals surface area contributed by atoms with E-state index in [1.54, 1.807) is 17.4 Å². The Hall–Kier alpha value is -1.23. The maximum atomic E-state index is 13.9. The Morgan fingerprint density at radius 1 is 1.19 bits per heavy atom. The van der Waals surface area contributed by atoms with Gasteiger partial charge in [0.05, 0.1) is 6.10 Å². The van der Waals surface area contributed by atoms with Crippen LogP contribution in [0.4, 0.5) is 4.39 Å². The van der Waals surface area contributed by atoms with Crippen molar-refractivity contribution in [1.29, 1.82) is 0 Å². The van der Waals surface area contributed by atoms with Gasteiger partial charge in [0.2, 0.25) is 0 Å². The van der Waals surface area contributed by atoms with Crippen molar-refractivity contribution in [2.75, 3.05) is 13.2 Å². The minimum absolute atomic E-state index is 0.124. The van der Waals surface area contributed by atoms with E-state index in [0.717, 1.165) is 38.1 Å². The third-order valence-electron chi connectivity index (χ3n) is 3.80.